The Balaban J connectivity index is 1.58. The number of likely N-dealkylation sites (tertiary alicyclic amines) is 1. The summed E-state index contributed by atoms with van der Waals surface area (Å²) in [4.78, 5) is 184. The molecule has 0 saturated carbocycles. The monoisotopic (exact) mass is 1100 g/mol. The smallest absolute Gasteiger partial charge is 0.326 e. The van der Waals surface area contributed by atoms with Crippen LogP contribution in [0.4, 0.5) is 0 Å². The minimum atomic E-state index is -1.88. The zero-order valence-corrected chi connectivity index (χ0v) is 42.8. The number of hydrogen-bond acceptors (Lipinski definition) is 14. The standard InChI is InChI=1S/C49H66N10O19/c1-24(2)20-33(57-47(75)34(21-25-22-50-27-7-4-3-6-26(25)27)58-48(76)35-8-5-19-59(35)37(61)23-51-42(70)28-9-14-36(60)52-28)46(74)55-30(11-16-39(64)65)44(72)53-29(10-15-38(62)63)43(71)54-31(12-17-40(66)67)45(73)56-32(49(77)78)13-18-41(68)69/h3-4,6-7,22,24,28-35,50H,5,8-21,23H2,1-2H3,(H,51,70)(H,52,60)(H,53,72)(H,54,71)(H,55,74)(H,56,73)(H,57,75)(H,58,76)(H,62,63)(H,64,65)(H,66,67)(H,68,69)(H,77,78)/t28-,29-,30-,31-,32-,33-,34-,35-/m0/s1. The van der Waals surface area contributed by atoms with Crippen LogP contribution in [-0.4, -0.2) is 180 Å². The molecule has 1 aromatic heterocycles. The van der Waals surface area contributed by atoms with Crippen LogP contribution in [0, 0.1) is 5.92 Å². The first-order valence-corrected chi connectivity index (χ1v) is 25.2. The summed E-state index contributed by atoms with van der Waals surface area (Å²) in [6, 6.07) is -5.10. The summed E-state index contributed by atoms with van der Waals surface area (Å²) in [5.41, 5.74) is 1.26. The molecule has 1 aromatic carbocycles. The predicted molar refractivity (Wildman–Crippen MR) is 267 cm³/mol. The SMILES string of the molecule is CC(C)C[C@H](NC(=O)[C@H](Cc1c[nH]c2ccccc12)NC(=O)[C@@H]1CCCN1C(=O)CNC(=O)[C@@H]1CCC(=O)N1)C(=O)N[C@@H](CCC(=O)O)C(=O)N[C@@H](CCC(=O)O)C(=O)N[C@@H](CCC(=O)O)C(=O)N[C@@H](CCC(=O)O)C(=O)O. The van der Waals surface area contributed by atoms with E-state index in [0.717, 1.165) is 0 Å². The molecule has 78 heavy (non-hydrogen) atoms. The fourth-order valence-electron chi connectivity index (χ4n) is 8.73. The maximum Gasteiger partial charge on any atom is 0.326 e. The molecule has 14 N–H and O–H groups in total. The number of carboxylic acid groups (broad SMARTS) is 5. The van der Waals surface area contributed by atoms with Crippen molar-refractivity contribution in [2.45, 2.75) is 152 Å². The second-order valence-electron chi connectivity index (χ2n) is 19.2. The summed E-state index contributed by atoms with van der Waals surface area (Å²) in [7, 11) is 0. The van der Waals surface area contributed by atoms with Crippen molar-refractivity contribution in [1.29, 1.82) is 0 Å². The molecule has 0 spiro atoms. The highest BCUT2D eigenvalue weighted by Gasteiger charge is 2.39. The van der Waals surface area contributed by atoms with Gasteiger partial charge >= 0.3 is 29.8 Å². The highest BCUT2D eigenvalue weighted by Crippen LogP contribution is 2.22. The second-order valence-corrected chi connectivity index (χ2v) is 19.2. The highest BCUT2D eigenvalue weighted by atomic mass is 16.4. The number of hydrogen-bond donors (Lipinski definition) is 14. The number of H-pyrrole nitrogens is 1. The van der Waals surface area contributed by atoms with Gasteiger partial charge in [-0.15, -0.1) is 0 Å². The number of fused-ring (bicyclic) bond motifs is 1. The molecule has 2 saturated heterocycles. The molecule has 9 amide bonds. The van der Waals surface area contributed by atoms with Gasteiger partial charge < -0.3 is 78.0 Å². The van der Waals surface area contributed by atoms with Crippen LogP contribution >= 0.6 is 0 Å². The van der Waals surface area contributed by atoms with Gasteiger partial charge in [-0.2, -0.15) is 0 Å². The summed E-state index contributed by atoms with van der Waals surface area (Å²) in [6.07, 6.45) is -3.35. The van der Waals surface area contributed by atoms with Crippen LogP contribution in [-0.2, 0) is 73.5 Å². The van der Waals surface area contributed by atoms with E-state index in [1.807, 2.05) is 5.32 Å². The van der Waals surface area contributed by atoms with E-state index in [0.29, 0.717) is 22.9 Å². The van der Waals surface area contributed by atoms with Gasteiger partial charge in [0.2, 0.25) is 53.2 Å². The van der Waals surface area contributed by atoms with Crippen LogP contribution in [0.1, 0.15) is 103 Å². The van der Waals surface area contributed by atoms with Crippen molar-refractivity contribution in [3.8, 4) is 0 Å². The Morgan fingerprint density at radius 1 is 0.603 bits per heavy atom. The summed E-state index contributed by atoms with van der Waals surface area (Å²) < 4.78 is 0. The summed E-state index contributed by atoms with van der Waals surface area (Å²) >= 11 is 0. The van der Waals surface area contributed by atoms with Gasteiger partial charge in [-0.25, -0.2) is 4.79 Å². The third kappa shape index (κ3) is 19.5. The lowest BCUT2D eigenvalue weighted by Crippen LogP contribution is -2.60. The molecular formula is C49H66N10O19. The van der Waals surface area contributed by atoms with E-state index in [2.05, 4.69) is 42.2 Å². The minimum Gasteiger partial charge on any atom is -0.481 e. The lowest BCUT2D eigenvalue weighted by Gasteiger charge is -2.29. The number of para-hydroxylation sites is 1. The molecule has 2 aromatic rings. The molecule has 2 aliphatic heterocycles. The first-order chi connectivity index (χ1) is 36.8. The summed E-state index contributed by atoms with van der Waals surface area (Å²) in [5, 5.41) is 66.9. The molecule has 0 radical (unpaired) electrons. The molecular weight excluding hydrogens is 1030 g/mol. The Kier molecular flexibility index (Phi) is 23.5. The molecule has 2 fully saturated rings. The normalized spacial score (nSPS) is 17.2. The van der Waals surface area contributed by atoms with Gasteiger partial charge in [0, 0.05) is 62.2 Å². The first-order valence-electron chi connectivity index (χ1n) is 25.2. The number of nitrogens with one attached hydrogen (secondary N) is 9. The quantitative estimate of drug-likeness (QED) is 0.0363. The Labute approximate surface area is 445 Å². The molecule has 0 bridgehead atoms. The van der Waals surface area contributed by atoms with Gasteiger partial charge in [0.25, 0.3) is 0 Å². The molecule has 8 atom stereocenters. The van der Waals surface area contributed by atoms with Crippen molar-refractivity contribution < 1.29 is 92.7 Å². The third-order valence-electron chi connectivity index (χ3n) is 12.8. The van der Waals surface area contributed by atoms with Crippen LogP contribution < -0.4 is 42.5 Å². The lowest BCUT2D eigenvalue weighted by molar-refractivity contribution is -0.144. The second kappa shape index (κ2) is 29.6. The van der Waals surface area contributed by atoms with Crippen molar-refractivity contribution in [2.75, 3.05) is 13.1 Å². The average molecular weight is 1100 g/mol. The number of aromatic amines is 1. The highest BCUT2D eigenvalue weighted by molar-refractivity contribution is 5.99. The summed E-state index contributed by atoms with van der Waals surface area (Å²) in [6.45, 7) is 3.04. The van der Waals surface area contributed by atoms with Gasteiger partial charge in [0.15, 0.2) is 0 Å². The number of nitrogens with zero attached hydrogens (tertiary/aromatic N) is 1. The van der Waals surface area contributed by atoms with E-state index in [1.165, 1.54) is 4.90 Å². The fraction of sp³-hybridized carbons (Fsp3) is 0.551. The van der Waals surface area contributed by atoms with Crippen LogP contribution in [0.5, 0.6) is 0 Å². The third-order valence-corrected chi connectivity index (χ3v) is 12.8. The maximum atomic E-state index is 14.5. The number of carbonyl (C=O) groups excluding carboxylic acids is 9. The van der Waals surface area contributed by atoms with E-state index in [1.54, 1.807) is 44.3 Å². The number of rotatable bonds is 32. The van der Waals surface area contributed by atoms with E-state index >= 15 is 0 Å². The summed E-state index contributed by atoms with van der Waals surface area (Å²) in [5.74, 6) is -15.8. The zero-order chi connectivity index (χ0) is 57.8. The number of amides is 9. The molecule has 0 unspecified atom stereocenters. The number of aromatic nitrogens is 1. The van der Waals surface area contributed by atoms with Crippen LogP contribution in [0.3, 0.4) is 0 Å². The van der Waals surface area contributed by atoms with Gasteiger partial charge in [-0.05, 0) is 68.9 Å². The van der Waals surface area contributed by atoms with Crippen molar-refractivity contribution in [3.63, 3.8) is 0 Å². The Hall–Kier alpha value is -8.66. The first kappa shape index (κ1) is 61.9. The molecule has 0 aliphatic carbocycles. The fourth-order valence-corrected chi connectivity index (χ4v) is 8.73. The Morgan fingerprint density at radius 3 is 1.56 bits per heavy atom. The molecule has 3 heterocycles. The van der Waals surface area contributed by atoms with Crippen molar-refractivity contribution in [3.05, 3.63) is 36.0 Å². The van der Waals surface area contributed by atoms with E-state index in [4.69, 9.17) is 5.11 Å². The predicted octanol–water partition coefficient (Wildman–Crippen LogP) is -2.41. The Bertz CT molecular complexity index is 2600. The van der Waals surface area contributed by atoms with Gasteiger partial charge in [-0.3, -0.25) is 62.3 Å². The number of carbonyl (C=O) groups is 14. The average Bonchev–Trinajstić information content (AvgIpc) is 4.15. The minimum absolute atomic E-state index is 0.109. The van der Waals surface area contributed by atoms with Gasteiger partial charge in [0.1, 0.15) is 48.3 Å². The van der Waals surface area contributed by atoms with Gasteiger partial charge in [-0.1, -0.05) is 32.0 Å². The maximum absolute atomic E-state index is 14.5. The molecule has 29 nitrogen and oxygen atoms in total. The Morgan fingerprint density at radius 2 is 1.08 bits per heavy atom. The lowest BCUT2D eigenvalue weighted by atomic mass is 9.99. The van der Waals surface area contributed by atoms with Crippen molar-refractivity contribution in [1.82, 2.24) is 52.4 Å². The molecule has 29 heteroatoms. The zero-order valence-electron chi connectivity index (χ0n) is 42.8. The van der Waals surface area contributed by atoms with Crippen LogP contribution in [0.15, 0.2) is 30.5 Å². The topological polar surface area (TPSA) is 455 Å². The van der Waals surface area contributed by atoms with Crippen molar-refractivity contribution >= 4 is 93.9 Å². The molecule has 4 rings (SSSR count). The van der Waals surface area contributed by atoms with E-state index in [9.17, 15) is 87.5 Å². The van der Waals surface area contributed by atoms with Crippen LogP contribution in [0.25, 0.3) is 10.9 Å². The van der Waals surface area contributed by atoms with E-state index < -0.39 is 183 Å². The number of benzene rings is 1. The molecule has 2 aliphatic rings. The number of carboxylic acids is 5. The van der Waals surface area contributed by atoms with Gasteiger partial charge in [0.05, 0.1) is 6.54 Å². The number of aliphatic carboxylic acids is 5. The molecule has 426 valence electrons. The van der Waals surface area contributed by atoms with Crippen LogP contribution in [0.2, 0.25) is 0 Å². The largest absolute Gasteiger partial charge is 0.481 e. The van der Waals surface area contributed by atoms with Crippen molar-refractivity contribution in [2.24, 2.45) is 5.92 Å². The van der Waals surface area contributed by atoms with E-state index in [-0.39, 0.29) is 50.5 Å².